The topological polar surface area (TPSA) is 76.1 Å². The maximum atomic E-state index is 12.2. The minimum absolute atomic E-state index is 0.0924. The third kappa shape index (κ3) is 5.93. The summed E-state index contributed by atoms with van der Waals surface area (Å²) in [5.41, 5.74) is 1.96. The maximum absolute atomic E-state index is 12.2. The van der Waals surface area contributed by atoms with Crippen molar-refractivity contribution in [3.8, 4) is 5.75 Å². The lowest BCUT2D eigenvalue weighted by atomic mass is 10.3. The summed E-state index contributed by atoms with van der Waals surface area (Å²) in [4.78, 5) is 20.5. The first kappa shape index (κ1) is 19.1. The molecule has 1 aromatic carbocycles. The number of hydrogen-bond donors (Lipinski definition) is 2. The van der Waals surface area contributed by atoms with Crippen molar-refractivity contribution in [3.63, 3.8) is 0 Å². The van der Waals surface area contributed by atoms with Crippen molar-refractivity contribution in [2.24, 2.45) is 0 Å². The van der Waals surface area contributed by atoms with E-state index in [-0.39, 0.29) is 18.1 Å². The van der Waals surface area contributed by atoms with Crippen LogP contribution in [0.1, 0.15) is 11.4 Å². The minimum Gasteiger partial charge on any atom is -0.406 e. The normalized spacial score (nSPS) is 11.3. The SMILES string of the molecule is Cc1csc(NC(=O)Cc2csc(Nc3ccc(OC(F)(F)F)cc3)n2)n1. The lowest BCUT2D eigenvalue weighted by Gasteiger charge is -2.09. The fourth-order valence-corrected chi connectivity index (χ4v) is 3.48. The Kier molecular flexibility index (Phi) is 5.61. The van der Waals surface area contributed by atoms with E-state index in [1.54, 1.807) is 5.38 Å². The second-order valence-electron chi connectivity index (χ2n) is 5.36. The molecule has 3 aromatic rings. The molecule has 0 atom stereocenters. The van der Waals surface area contributed by atoms with Crippen LogP contribution in [0.5, 0.6) is 5.75 Å². The summed E-state index contributed by atoms with van der Waals surface area (Å²) < 4.78 is 40.3. The van der Waals surface area contributed by atoms with Crippen LogP contribution in [0.3, 0.4) is 0 Å². The summed E-state index contributed by atoms with van der Waals surface area (Å²) >= 11 is 2.63. The number of thiazole rings is 2. The van der Waals surface area contributed by atoms with Gasteiger partial charge in [0.05, 0.1) is 17.8 Å². The van der Waals surface area contributed by atoms with Crippen LogP contribution in [0, 0.1) is 6.92 Å². The van der Waals surface area contributed by atoms with E-state index in [2.05, 4.69) is 25.3 Å². The first-order chi connectivity index (χ1) is 12.8. The summed E-state index contributed by atoms with van der Waals surface area (Å²) in [5.74, 6) is -0.531. The van der Waals surface area contributed by atoms with Crippen LogP contribution < -0.4 is 15.4 Å². The summed E-state index contributed by atoms with van der Waals surface area (Å²) in [6.45, 7) is 1.84. The highest BCUT2D eigenvalue weighted by Gasteiger charge is 2.30. The fraction of sp³-hybridized carbons (Fsp3) is 0.188. The van der Waals surface area contributed by atoms with Gasteiger partial charge in [-0.3, -0.25) is 4.79 Å². The molecular weight excluding hydrogens is 401 g/mol. The summed E-state index contributed by atoms with van der Waals surface area (Å²) in [5, 5.41) is 10.3. The molecule has 0 unspecified atom stereocenters. The van der Waals surface area contributed by atoms with Crippen molar-refractivity contribution in [2.75, 3.05) is 10.6 Å². The van der Waals surface area contributed by atoms with E-state index in [1.165, 1.54) is 46.9 Å². The summed E-state index contributed by atoms with van der Waals surface area (Å²) in [7, 11) is 0. The van der Waals surface area contributed by atoms with Gasteiger partial charge in [0.2, 0.25) is 5.91 Å². The lowest BCUT2D eigenvalue weighted by Crippen LogP contribution is -2.16. The van der Waals surface area contributed by atoms with Crippen molar-refractivity contribution >= 4 is 44.5 Å². The highest BCUT2D eigenvalue weighted by molar-refractivity contribution is 7.14. The van der Waals surface area contributed by atoms with Crippen LogP contribution >= 0.6 is 22.7 Å². The molecule has 0 saturated heterocycles. The van der Waals surface area contributed by atoms with Crippen molar-refractivity contribution in [1.29, 1.82) is 0 Å². The molecule has 3 rings (SSSR count). The highest BCUT2D eigenvalue weighted by Crippen LogP contribution is 2.26. The van der Waals surface area contributed by atoms with Crippen molar-refractivity contribution < 1.29 is 22.7 Å². The number of rotatable bonds is 6. The zero-order chi connectivity index (χ0) is 19.4. The number of nitrogens with zero attached hydrogens (tertiary/aromatic N) is 2. The molecule has 0 aliphatic rings. The third-order valence-corrected chi connectivity index (χ3v) is 4.78. The molecule has 2 aromatic heterocycles. The number of alkyl halides is 3. The van der Waals surface area contributed by atoms with Crippen LogP contribution in [-0.4, -0.2) is 22.2 Å². The summed E-state index contributed by atoms with van der Waals surface area (Å²) in [6.07, 6.45) is -4.63. The number of carbonyl (C=O) groups excluding carboxylic acids is 1. The smallest absolute Gasteiger partial charge is 0.406 e. The molecule has 0 aliphatic heterocycles. The third-order valence-electron chi connectivity index (χ3n) is 3.10. The minimum atomic E-state index is -4.73. The number of aryl methyl sites for hydroxylation is 1. The molecule has 27 heavy (non-hydrogen) atoms. The zero-order valence-corrected chi connectivity index (χ0v) is 15.5. The van der Waals surface area contributed by atoms with Gasteiger partial charge in [-0.25, -0.2) is 9.97 Å². The maximum Gasteiger partial charge on any atom is 0.573 e. The van der Waals surface area contributed by atoms with E-state index in [0.29, 0.717) is 21.6 Å². The lowest BCUT2D eigenvalue weighted by molar-refractivity contribution is -0.274. The number of amides is 1. The predicted molar refractivity (Wildman–Crippen MR) is 97.7 cm³/mol. The van der Waals surface area contributed by atoms with Gasteiger partial charge in [0, 0.05) is 16.4 Å². The first-order valence-corrected chi connectivity index (χ1v) is 9.32. The molecule has 1 amide bonds. The number of benzene rings is 1. The first-order valence-electron chi connectivity index (χ1n) is 7.56. The summed E-state index contributed by atoms with van der Waals surface area (Å²) in [6, 6.07) is 5.29. The van der Waals surface area contributed by atoms with E-state index in [9.17, 15) is 18.0 Å². The Bertz CT molecular complexity index is 922. The van der Waals surface area contributed by atoms with Crippen LogP contribution in [0.4, 0.5) is 29.1 Å². The van der Waals surface area contributed by atoms with Gasteiger partial charge in [-0.05, 0) is 31.2 Å². The van der Waals surface area contributed by atoms with Gasteiger partial charge >= 0.3 is 6.36 Å². The Labute approximate surface area is 160 Å². The molecule has 0 aliphatic carbocycles. The van der Waals surface area contributed by atoms with E-state index in [4.69, 9.17) is 0 Å². The number of halogens is 3. The average Bonchev–Trinajstić information content (AvgIpc) is 3.17. The van der Waals surface area contributed by atoms with Gasteiger partial charge < -0.3 is 15.4 Å². The number of nitrogens with one attached hydrogen (secondary N) is 2. The zero-order valence-electron chi connectivity index (χ0n) is 13.8. The van der Waals surface area contributed by atoms with E-state index in [0.717, 1.165) is 5.69 Å². The second kappa shape index (κ2) is 7.92. The molecule has 6 nitrogen and oxygen atoms in total. The van der Waals surface area contributed by atoms with Crippen LogP contribution in [0.25, 0.3) is 0 Å². The van der Waals surface area contributed by atoms with Gasteiger partial charge in [-0.15, -0.1) is 35.8 Å². The Balaban J connectivity index is 1.55. The van der Waals surface area contributed by atoms with Crippen molar-refractivity contribution in [1.82, 2.24) is 9.97 Å². The number of ether oxygens (including phenoxy) is 1. The molecule has 0 bridgehead atoms. The Hall–Kier alpha value is -2.66. The molecule has 11 heteroatoms. The molecule has 2 heterocycles. The second-order valence-corrected chi connectivity index (χ2v) is 7.08. The highest BCUT2D eigenvalue weighted by atomic mass is 32.1. The Morgan fingerprint density at radius 3 is 2.44 bits per heavy atom. The molecule has 0 saturated carbocycles. The number of anilines is 3. The van der Waals surface area contributed by atoms with Gasteiger partial charge in [-0.2, -0.15) is 0 Å². The average molecular weight is 414 g/mol. The largest absolute Gasteiger partial charge is 0.573 e. The quantitative estimate of drug-likeness (QED) is 0.610. The molecule has 0 fully saturated rings. The van der Waals surface area contributed by atoms with Crippen LogP contribution in [0.15, 0.2) is 35.0 Å². The van der Waals surface area contributed by atoms with Gasteiger partial charge in [0.1, 0.15) is 5.75 Å². The van der Waals surface area contributed by atoms with Gasteiger partial charge in [-0.1, -0.05) is 0 Å². The van der Waals surface area contributed by atoms with Crippen molar-refractivity contribution in [3.05, 3.63) is 46.4 Å². The predicted octanol–water partition coefficient (Wildman–Crippen LogP) is 4.73. The van der Waals surface area contributed by atoms with Crippen LogP contribution in [-0.2, 0) is 11.2 Å². The molecule has 0 spiro atoms. The van der Waals surface area contributed by atoms with E-state index in [1.807, 2.05) is 12.3 Å². The Morgan fingerprint density at radius 1 is 1.11 bits per heavy atom. The van der Waals surface area contributed by atoms with Gasteiger partial charge in [0.15, 0.2) is 10.3 Å². The van der Waals surface area contributed by atoms with E-state index < -0.39 is 6.36 Å². The van der Waals surface area contributed by atoms with Crippen LogP contribution in [0.2, 0.25) is 0 Å². The molecular formula is C16H13F3N4O2S2. The molecule has 0 radical (unpaired) electrons. The molecule has 2 N–H and O–H groups in total. The van der Waals surface area contributed by atoms with Gasteiger partial charge in [0.25, 0.3) is 0 Å². The number of hydrogen-bond acceptors (Lipinski definition) is 7. The standard InChI is InChI=1S/C16H13F3N4O2S2/c1-9-7-26-14(20-9)23-13(24)6-11-8-27-15(22-11)21-10-2-4-12(5-3-10)25-16(17,18)19/h2-5,7-8H,6H2,1H3,(H,21,22)(H,20,23,24). The van der Waals surface area contributed by atoms with E-state index >= 15 is 0 Å². The fourth-order valence-electron chi connectivity index (χ4n) is 2.05. The number of aromatic nitrogens is 2. The molecule has 142 valence electrons. The number of carbonyl (C=O) groups is 1. The Morgan fingerprint density at radius 2 is 1.81 bits per heavy atom. The van der Waals surface area contributed by atoms with Crippen molar-refractivity contribution in [2.45, 2.75) is 19.7 Å². The monoisotopic (exact) mass is 414 g/mol.